The molecule has 114 valence electrons. The second-order valence-corrected chi connectivity index (χ2v) is 7.54. The van der Waals surface area contributed by atoms with E-state index in [0.717, 1.165) is 24.4 Å². The molecule has 0 unspecified atom stereocenters. The monoisotopic (exact) mass is 284 g/mol. The zero-order valence-corrected chi connectivity index (χ0v) is 13.3. The molecule has 0 radical (unpaired) electrons. The molecule has 1 aromatic carbocycles. The smallest absolute Gasteiger partial charge is 0.0234 e. The molecule has 2 bridgehead atoms. The van der Waals surface area contributed by atoms with Crippen LogP contribution in [0.15, 0.2) is 24.3 Å². The molecule has 1 saturated heterocycles. The summed E-state index contributed by atoms with van der Waals surface area (Å²) in [6.07, 6.45) is 6.07. The lowest BCUT2D eigenvalue weighted by atomic mass is 9.93. The van der Waals surface area contributed by atoms with E-state index in [1.807, 2.05) is 0 Å². The first kappa shape index (κ1) is 13.8. The van der Waals surface area contributed by atoms with Crippen LogP contribution in [0.25, 0.3) is 0 Å². The lowest BCUT2D eigenvalue weighted by Gasteiger charge is -2.41. The number of fused-ring (bicyclic) bond motifs is 2. The average molecular weight is 284 g/mol. The molecule has 3 aliphatic rings. The highest BCUT2D eigenvalue weighted by Gasteiger charge is 2.42. The maximum Gasteiger partial charge on any atom is 0.0234 e. The molecule has 2 heteroatoms. The maximum atomic E-state index is 2.82. The number of rotatable bonds is 3. The normalized spacial score (nSPS) is 33.7. The third-order valence-electron chi connectivity index (χ3n) is 6.07. The summed E-state index contributed by atoms with van der Waals surface area (Å²) in [6.45, 7) is 8.41. The summed E-state index contributed by atoms with van der Waals surface area (Å²) in [5.74, 6) is 2.11. The van der Waals surface area contributed by atoms with E-state index < -0.39 is 0 Å². The first-order chi connectivity index (χ1) is 10.3. The highest BCUT2D eigenvalue weighted by Crippen LogP contribution is 2.46. The van der Waals surface area contributed by atoms with Gasteiger partial charge in [-0.3, -0.25) is 9.80 Å². The van der Waals surface area contributed by atoms with Gasteiger partial charge in [-0.15, -0.1) is 0 Å². The SMILES string of the molecule is Cc1cccc(CN2CCN([C@H]3C[C@H]4CC[C@H]3C4)CC2)c1. The van der Waals surface area contributed by atoms with Crippen LogP contribution < -0.4 is 0 Å². The van der Waals surface area contributed by atoms with Gasteiger partial charge in [-0.2, -0.15) is 0 Å². The first-order valence-corrected chi connectivity index (χ1v) is 8.80. The van der Waals surface area contributed by atoms with Gasteiger partial charge in [0.25, 0.3) is 0 Å². The Labute approximate surface area is 129 Å². The molecule has 2 saturated carbocycles. The Hall–Kier alpha value is -0.860. The number of piperazine rings is 1. The van der Waals surface area contributed by atoms with Crippen molar-refractivity contribution in [3.63, 3.8) is 0 Å². The number of nitrogens with zero attached hydrogens (tertiary/aromatic N) is 2. The summed E-state index contributed by atoms with van der Waals surface area (Å²) in [7, 11) is 0. The molecule has 3 fully saturated rings. The number of benzene rings is 1. The van der Waals surface area contributed by atoms with E-state index >= 15 is 0 Å². The molecule has 3 atom stereocenters. The number of hydrogen-bond donors (Lipinski definition) is 0. The maximum absolute atomic E-state index is 2.82. The van der Waals surface area contributed by atoms with Gasteiger partial charge < -0.3 is 0 Å². The number of aryl methyl sites for hydroxylation is 1. The third kappa shape index (κ3) is 2.89. The van der Waals surface area contributed by atoms with Crippen LogP contribution in [-0.2, 0) is 6.54 Å². The number of hydrogen-bond acceptors (Lipinski definition) is 2. The average Bonchev–Trinajstić information content (AvgIpc) is 3.11. The second kappa shape index (κ2) is 5.73. The van der Waals surface area contributed by atoms with Crippen LogP contribution in [0.1, 0.15) is 36.8 Å². The molecule has 0 spiro atoms. The predicted octanol–water partition coefficient (Wildman–Crippen LogP) is 3.30. The van der Waals surface area contributed by atoms with Crippen LogP contribution in [-0.4, -0.2) is 42.0 Å². The van der Waals surface area contributed by atoms with Crippen molar-refractivity contribution in [3.05, 3.63) is 35.4 Å². The van der Waals surface area contributed by atoms with Crippen molar-refractivity contribution >= 4 is 0 Å². The van der Waals surface area contributed by atoms with Crippen molar-refractivity contribution in [2.75, 3.05) is 26.2 Å². The van der Waals surface area contributed by atoms with E-state index in [0.29, 0.717) is 0 Å². The topological polar surface area (TPSA) is 6.48 Å². The molecule has 0 N–H and O–H groups in total. The van der Waals surface area contributed by atoms with Gasteiger partial charge in [0.1, 0.15) is 0 Å². The summed E-state index contributed by atoms with van der Waals surface area (Å²) in [5.41, 5.74) is 2.86. The van der Waals surface area contributed by atoms with Crippen molar-refractivity contribution in [1.29, 1.82) is 0 Å². The lowest BCUT2D eigenvalue weighted by Crippen LogP contribution is -2.51. The Kier molecular flexibility index (Phi) is 3.76. The molecule has 0 amide bonds. The van der Waals surface area contributed by atoms with E-state index in [4.69, 9.17) is 0 Å². The zero-order valence-electron chi connectivity index (χ0n) is 13.3. The van der Waals surface area contributed by atoms with Gasteiger partial charge in [-0.05, 0) is 43.6 Å². The van der Waals surface area contributed by atoms with Gasteiger partial charge in [0.15, 0.2) is 0 Å². The first-order valence-electron chi connectivity index (χ1n) is 8.80. The molecule has 2 aliphatic carbocycles. The van der Waals surface area contributed by atoms with Crippen LogP contribution in [0.4, 0.5) is 0 Å². The van der Waals surface area contributed by atoms with Crippen LogP contribution in [0.5, 0.6) is 0 Å². The zero-order chi connectivity index (χ0) is 14.2. The Morgan fingerprint density at radius 3 is 2.57 bits per heavy atom. The fraction of sp³-hybridized carbons (Fsp3) is 0.684. The largest absolute Gasteiger partial charge is 0.298 e. The summed E-state index contributed by atoms with van der Waals surface area (Å²) in [4.78, 5) is 5.45. The Bertz CT molecular complexity index is 490. The molecule has 1 aromatic rings. The highest BCUT2D eigenvalue weighted by atomic mass is 15.3. The van der Waals surface area contributed by atoms with Gasteiger partial charge in [-0.25, -0.2) is 0 Å². The van der Waals surface area contributed by atoms with Gasteiger partial charge in [0.2, 0.25) is 0 Å². The Morgan fingerprint density at radius 2 is 1.90 bits per heavy atom. The van der Waals surface area contributed by atoms with Crippen LogP contribution in [0.3, 0.4) is 0 Å². The van der Waals surface area contributed by atoms with Gasteiger partial charge >= 0.3 is 0 Å². The van der Waals surface area contributed by atoms with E-state index in [9.17, 15) is 0 Å². The molecule has 4 rings (SSSR count). The fourth-order valence-electron chi connectivity index (χ4n) is 4.98. The molecule has 1 heterocycles. The van der Waals surface area contributed by atoms with Crippen molar-refractivity contribution in [2.24, 2.45) is 11.8 Å². The van der Waals surface area contributed by atoms with Crippen LogP contribution >= 0.6 is 0 Å². The van der Waals surface area contributed by atoms with Gasteiger partial charge in [0.05, 0.1) is 0 Å². The van der Waals surface area contributed by atoms with Gasteiger partial charge in [-0.1, -0.05) is 36.2 Å². The van der Waals surface area contributed by atoms with Crippen molar-refractivity contribution < 1.29 is 0 Å². The minimum absolute atomic E-state index is 0.935. The van der Waals surface area contributed by atoms with E-state index in [1.165, 1.54) is 63.0 Å². The fourth-order valence-corrected chi connectivity index (χ4v) is 4.98. The van der Waals surface area contributed by atoms with Crippen molar-refractivity contribution in [1.82, 2.24) is 9.80 Å². The molecular formula is C19H28N2. The van der Waals surface area contributed by atoms with Crippen molar-refractivity contribution in [2.45, 2.75) is 45.2 Å². The summed E-state index contributed by atoms with van der Waals surface area (Å²) < 4.78 is 0. The molecule has 0 aromatic heterocycles. The summed E-state index contributed by atoms with van der Waals surface area (Å²) >= 11 is 0. The quantitative estimate of drug-likeness (QED) is 0.840. The lowest BCUT2D eigenvalue weighted by molar-refractivity contribution is 0.0679. The third-order valence-corrected chi connectivity index (χ3v) is 6.07. The molecule has 2 nitrogen and oxygen atoms in total. The van der Waals surface area contributed by atoms with Crippen LogP contribution in [0.2, 0.25) is 0 Å². The van der Waals surface area contributed by atoms with Crippen molar-refractivity contribution in [3.8, 4) is 0 Å². The molecule has 21 heavy (non-hydrogen) atoms. The second-order valence-electron chi connectivity index (χ2n) is 7.54. The Balaban J connectivity index is 1.31. The minimum Gasteiger partial charge on any atom is -0.298 e. The highest BCUT2D eigenvalue weighted by molar-refractivity contribution is 5.22. The van der Waals surface area contributed by atoms with Crippen LogP contribution in [0, 0.1) is 18.8 Å². The molecular weight excluding hydrogens is 256 g/mol. The summed E-state index contributed by atoms with van der Waals surface area (Å²) in [5, 5.41) is 0. The summed E-state index contributed by atoms with van der Waals surface area (Å²) in [6, 6.07) is 9.93. The van der Waals surface area contributed by atoms with Gasteiger partial charge in [0, 0.05) is 38.8 Å². The minimum atomic E-state index is 0.935. The Morgan fingerprint density at radius 1 is 1.05 bits per heavy atom. The molecule has 1 aliphatic heterocycles. The van der Waals surface area contributed by atoms with E-state index in [-0.39, 0.29) is 0 Å². The predicted molar refractivity (Wildman–Crippen MR) is 87.3 cm³/mol. The standard InChI is InChI=1S/C19H28N2/c1-15-3-2-4-17(11-15)14-20-7-9-21(10-8-20)19-13-16-5-6-18(19)12-16/h2-4,11,16,18-19H,5-10,12-14H2,1H3/t16-,18-,19-/m0/s1. The van der Waals surface area contributed by atoms with E-state index in [2.05, 4.69) is 41.0 Å². The van der Waals surface area contributed by atoms with E-state index in [1.54, 1.807) is 0 Å².